The van der Waals surface area contributed by atoms with Crippen LogP contribution in [0, 0.1) is 55.4 Å². The average Bonchev–Trinajstić information content (AvgIpc) is 3.50. The summed E-state index contributed by atoms with van der Waals surface area (Å²) in [7, 11) is 0. The summed E-state index contributed by atoms with van der Waals surface area (Å²) in [5.74, 6) is 0. The van der Waals surface area contributed by atoms with Gasteiger partial charge in [0.25, 0.3) is 0 Å². The van der Waals surface area contributed by atoms with Gasteiger partial charge in [-0.15, -0.1) is 45.3 Å². The van der Waals surface area contributed by atoms with Gasteiger partial charge in [0.2, 0.25) is 0 Å². The minimum Gasteiger partial charge on any atom is -0.128 e. The summed E-state index contributed by atoms with van der Waals surface area (Å²) in [4.78, 5) is 0. The van der Waals surface area contributed by atoms with Crippen molar-refractivity contribution in [2.45, 2.75) is 55.4 Å². The number of fused-ring (bicyclic) bond motifs is 6. The summed E-state index contributed by atoms with van der Waals surface area (Å²) in [6.45, 7) is 17.8. The molecule has 0 aliphatic rings. The molecule has 0 saturated carbocycles. The van der Waals surface area contributed by atoms with Crippen molar-refractivity contribution in [3.63, 3.8) is 0 Å². The van der Waals surface area contributed by atoms with Crippen LogP contribution >= 0.6 is 109 Å². The zero-order chi connectivity index (χ0) is 26.4. The largest absolute Gasteiger partial charge is 0.128 e. The third-order valence-corrected chi connectivity index (χ3v) is 16.4. The maximum Gasteiger partial charge on any atom is 0.0740 e. The van der Waals surface area contributed by atoms with E-state index >= 15 is 0 Å². The Kier molecular flexibility index (Phi) is 7.70. The Morgan fingerprint density at radius 1 is 0.306 bits per heavy atom. The first kappa shape index (κ1) is 27.8. The van der Waals surface area contributed by atoms with Crippen LogP contribution in [0.25, 0.3) is 40.3 Å². The van der Waals surface area contributed by atoms with Crippen LogP contribution in [0.3, 0.4) is 0 Å². The number of aryl methyl sites for hydroxylation is 8. The summed E-state index contributed by atoms with van der Waals surface area (Å²) in [6, 6.07) is 0. The maximum atomic E-state index is 3.69. The molecule has 0 nitrogen and oxygen atoms in total. The highest BCUT2D eigenvalue weighted by molar-refractivity contribution is 9.11. The molecular formula is C28H24Br4S4. The van der Waals surface area contributed by atoms with Gasteiger partial charge in [0.05, 0.1) is 15.1 Å². The van der Waals surface area contributed by atoms with Crippen LogP contribution in [0.2, 0.25) is 0 Å². The number of hydrogen-bond acceptors (Lipinski definition) is 4. The summed E-state index contributed by atoms with van der Waals surface area (Å²) < 4.78 is 10.7. The van der Waals surface area contributed by atoms with E-state index in [4.69, 9.17) is 0 Å². The van der Waals surface area contributed by atoms with Gasteiger partial charge in [0.1, 0.15) is 0 Å². The van der Waals surface area contributed by atoms with E-state index in [1.165, 1.54) is 100.0 Å². The summed E-state index contributed by atoms with van der Waals surface area (Å²) in [5.41, 5.74) is 11.2. The molecule has 36 heavy (non-hydrogen) atoms. The van der Waals surface area contributed by atoms with Gasteiger partial charge in [0.15, 0.2) is 0 Å². The lowest BCUT2D eigenvalue weighted by Crippen LogP contribution is -1.84. The lowest BCUT2D eigenvalue weighted by molar-refractivity contribution is 1.41. The van der Waals surface area contributed by atoms with Crippen LogP contribution in [0.1, 0.15) is 44.5 Å². The van der Waals surface area contributed by atoms with Crippen LogP contribution < -0.4 is 0 Å². The standard InChI is InChI=1S/2C14H12Br2S2/c1-5-6(2)12-10(8(4)14(16)18-12)9-7(3)13(15)17-11(5)9;1-5-6(2)11-10(8(4)14(16)17-11)12-9(5)7(3)13(15)18-12/h2*1-4H3. The Balaban J connectivity index is 0.000000148. The fourth-order valence-corrected chi connectivity index (χ4v) is 12.2. The highest BCUT2D eigenvalue weighted by atomic mass is 79.9. The molecule has 0 aliphatic heterocycles. The van der Waals surface area contributed by atoms with Crippen molar-refractivity contribution in [2.75, 3.05) is 0 Å². The van der Waals surface area contributed by atoms with Gasteiger partial charge < -0.3 is 0 Å². The third-order valence-electron chi connectivity index (χ3n) is 7.35. The normalized spacial score (nSPS) is 11.9. The van der Waals surface area contributed by atoms with Crippen molar-refractivity contribution in [3.8, 4) is 0 Å². The molecule has 8 heteroatoms. The quantitative estimate of drug-likeness (QED) is 0.143. The average molecular weight is 808 g/mol. The van der Waals surface area contributed by atoms with Crippen molar-refractivity contribution in [1.29, 1.82) is 0 Å². The highest BCUT2D eigenvalue weighted by Crippen LogP contribution is 2.49. The van der Waals surface area contributed by atoms with E-state index < -0.39 is 0 Å². The van der Waals surface area contributed by atoms with Crippen molar-refractivity contribution >= 4 is 149 Å². The van der Waals surface area contributed by atoms with Crippen LogP contribution in [-0.4, -0.2) is 0 Å². The second-order valence-electron chi connectivity index (χ2n) is 9.32. The zero-order valence-electron chi connectivity index (χ0n) is 21.1. The van der Waals surface area contributed by atoms with E-state index in [9.17, 15) is 0 Å². The zero-order valence-corrected chi connectivity index (χ0v) is 30.8. The van der Waals surface area contributed by atoms with E-state index in [0.29, 0.717) is 0 Å². The molecule has 188 valence electrons. The maximum absolute atomic E-state index is 3.69. The van der Waals surface area contributed by atoms with E-state index in [1.54, 1.807) is 0 Å². The number of halogens is 4. The lowest BCUT2D eigenvalue weighted by atomic mass is 9.99. The van der Waals surface area contributed by atoms with E-state index in [-0.39, 0.29) is 0 Å². The smallest absolute Gasteiger partial charge is 0.0740 e. The number of hydrogen-bond donors (Lipinski definition) is 0. The predicted octanol–water partition coefficient (Wildman–Crippen LogP) is 13.7. The number of rotatable bonds is 0. The summed E-state index contributed by atoms with van der Waals surface area (Å²) in [6.07, 6.45) is 0. The minimum atomic E-state index is 1.26. The first-order valence-corrected chi connectivity index (χ1v) is 17.8. The molecule has 0 unspecified atom stereocenters. The highest BCUT2D eigenvalue weighted by Gasteiger charge is 2.20. The Morgan fingerprint density at radius 3 is 1.00 bits per heavy atom. The molecule has 0 amide bonds. The molecule has 0 radical (unpaired) electrons. The summed E-state index contributed by atoms with van der Waals surface area (Å²) in [5, 5.41) is 5.74. The molecule has 0 N–H and O–H groups in total. The van der Waals surface area contributed by atoms with Crippen LogP contribution in [-0.2, 0) is 0 Å². The van der Waals surface area contributed by atoms with Crippen LogP contribution in [0.4, 0.5) is 0 Å². The minimum absolute atomic E-state index is 1.26. The molecule has 0 bridgehead atoms. The van der Waals surface area contributed by atoms with Crippen molar-refractivity contribution in [1.82, 2.24) is 0 Å². The van der Waals surface area contributed by atoms with Crippen LogP contribution in [0.15, 0.2) is 15.1 Å². The Labute approximate surface area is 261 Å². The molecule has 6 rings (SSSR count). The van der Waals surface area contributed by atoms with Crippen LogP contribution in [0.5, 0.6) is 0 Å². The molecule has 0 atom stereocenters. The third kappa shape index (κ3) is 4.07. The van der Waals surface area contributed by atoms with Crippen molar-refractivity contribution < 1.29 is 0 Å². The molecule has 0 aliphatic carbocycles. The molecule has 0 spiro atoms. The SMILES string of the molecule is Cc1c(C)c2c(C)c(Br)sc2c2c(C)c(Br)sc12.Cc1c(C)c2sc(Br)c(C)c2c2c(C)c(Br)sc12. The summed E-state index contributed by atoms with van der Waals surface area (Å²) >= 11 is 22.2. The predicted molar refractivity (Wildman–Crippen MR) is 183 cm³/mol. The van der Waals surface area contributed by atoms with Gasteiger partial charge >= 0.3 is 0 Å². The molecule has 6 aromatic rings. The topological polar surface area (TPSA) is 0 Å². The fraction of sp³-hybridized carbons (Fsp3) is 0.286. The van der Waals surface area contributed by atoms with Gasteiger partial charge in [-0.3, -0.25) is 0 Å². The molecule has 4 aromatic heterocycles. The van der Waals surface area contributed by atoms with Gasteiger partial charge in [-0.05, 0) is 164 Å². The van der Waals surface area contributed by atoms with Gasteiger partial charge in [-0.2, -0.15) is 0 Å². The van der Waals surface area contributed by atoms with E-state index in [2.05, 4.69) is 119 Å². The fourth-order valence-electron chi connectivity index (χ4n) is 4.94. The van der Waals surface area contributed by atoms with E-state index in [1.807, 2.05) is 45.3 Å². The van der Waals surface area contributed by atoms with Crippen molar-refractivity contribution in [3.05, 3.63) is 59.7 Å². The number of thiophene rings is 4. The first-order valence-electron chi connectivity index (χ1n) is 11.4. The molecular weight excluding hydrogens is 784 g/mol. The Bertz CT molecular complexity index is 1790. The Morgan fingerprint density at radius 2 is 0.583 bits per heavy atom. The van der Waals surface area contributed by atoms with Gasteiger partial charge in [0, 0.05) is 40.3 Å². The molecule has 2 aromatic carbocycles. The lowest BCUT2D eigenvalue weighted by Gasteiger charge is -2.06. The Hall–Kier alpha value is 0.200. The number of benzene rings is 2. The molecule has 0 fully saturated rings. The van der Waals surface area contributed by atoms with E-state index in [0.717, 1.165) is 0 Å². The molecule has 0 saturated heterocycles. The van der Waals surface area contributed by atoms with Crippen molar-refractivity contribution in [2.24, 2.45) is 0 Å². The first-order chi connectivity index (χ1) is 16.9. The van der Waals surface area contributed by atoms with Gasteiger partial charge in [-0.1, -0.05) is 0 Å². The van der Waals surface area contributed by atoms with Gasteiger partial charge in [-0.25, -0.2) is 0 Å². The molecule has 4 heterocycles. The second kappa shape index (κ2) is 9.99. The monoisotopic (exact) mass is 804 g/mol. The second-order valence-corrected chi connectivity index (χ2v) is 18.7.